The van der Waals surface area contributed by atoms with E-state index in [9.17, 15) is 4.79 Å². The van der Waals surface area contributed by atoms with Gasteiger partial charge in [0.2, 0.25) is 0 Å². The second-order valence-corrected chi connectivity index (χ2v) is 5.88. The molecule has 1 saturated heterocycles. The van der Waals surface area contributed by atoms with Gasteiger partial charge in [-0.3, -0.25) is 9.89 Å². The summed E-state index contributed by atoms with van der Waals surface area (Å²) in [5, 5.41) is 11.1. The topological polar surface area (TPSA) is 61.9 Å². The summed E-state index contributed by atoms with van der Waals surface area (Å²) in [6, 6.07) is 1.89. The van der Waals surface area contributed by atoms with Crippen LogP contribution >= 0.6 is 11.3 Å². The van der Waals surface area contributed by atoms with Gasteiger partial charge in [0.25, 0.3) is 5.91 Å². The Kier molecular flexibility index (Phi) is 3.82. The van der Waals surface area contributed by atoms with E-state index in [2.05, 4.69) is 22.1 Å². The number of thiophene rings is 1. The number of H-pyrrole nitrogens is 1. The number of piperidine rings is 1. The number of hydrogen-bond donors (Lipinski definition) is 1. The molecule has 0 bridgehead atoms. The number of amides is 1. The molecule has 1 N–H and O–H groups in total. The molecule has 106 valence electrons. The highest BCUT2D eigenvalue weighted by Crippen LogP contribution is 2.25. The van der Waals surface area contributed by atoms with Gasteiger partial charge >= 0.3 is 0 Å². The molecule has 3 rings (SSSR count). The normalized spacial score (nSPS) is 19.2. The van der Waals surface area contributed by atoms with Gasteiger partial charge in [-0.1, -0.05) is 6.92 Å². The Hall–Kier alpha value is -1.69. The van der Waals surface area contributed by atoms with Crippen LogP contribution in [0.3, 0.4) is 0 Å². The smallest absolute Gasteiger partial charge is 0.254 e. The molecule has 0 aromatic carbocycles. The molecule has 20 heavy (non-hydrogen) atoms. The average molecular weight is 290 g/mol. The van der Waals surface area contributed by atoms with Crippen molar-refractivity contribution < 1.29 is 4.79 Å². The number of nitrogens with one attached hydrogen (secondary N) is 1. The summed E-state index contributed by atoms with van der Waals surface area (Å²) in [7, 11) is 0. The highest BCUT2D eigenvalue weighted by atomic mass is 32.1. The fourth-order valence-electron chi connectivity index (χ4n) is 2.59. The third-order valence-electron chi connectivity index (χ3n) is 3.73. The van der Waals surface area contributed by atoms with Crippen LogP contribution in [0.2, 0.25) is 0 Å². The van der Waals surface area contributed by atoms with Crippen LogP contribution in [-0.4, -0.2) is 39.1 Å². The number of likely N-dealkylation sites (tertiary alicyclic amines) is 1. The molecule has 1 fully saturated rings. The molecule has 1 atom stereocenters. The molecule has 1 aliphatic heterocycles. The molecule has 6 heteroatoms. The number of nitrogens with zero attached hydrogens (tertiary/aromatic N) is 3. The second-order valence-electron chi connectivity index (χ2n) is 5.10. The van der Waals surface area contributed by atoms with Crippen LogP contribution in [0.4, 0.5) is 0 Å². The summed E-state index contributed by atoms with van der Waals surface area (Å²) in [5.74, 6) is 2.15. The zero-order valence-electron chi connectivity index (χ0n) is 11.5. The van der Waals surface area contributed by atoms with Gasteiger partial charge in [-0.05, 0) is 24.3 Å². The van der Waals surface area contributed by atoms with Crippen LogP contribution in [0, 0.1) is 0 Å². The van der Waals surface area contributed by atoms with Gasteiger partial charge in [0, 0.05) is 30.8 Å². The summed E-state index contributed by atoms with van der Waals surface area (Å²) in [4.78, 5) is 18.8. The Balaban J connectivity index is 1.71. The molecule has 5 nitrogen and oxygen atoms in total. The quantitative estimate of drug-likeness (QED) is 0.944. The number of rotatable bonds is 3. The first-order valence-corrected chi connectivity index (χ1v) is 7.95. The van der Waals surface area contributed by atoms with Crippen molar-refractivity contribution in [1.82, 2.24) is 20.1 Å². The maximum atomic E-state index is 12.4. The van der Waals surface area contributed by atoms with Crippen molar-refractivity contribution in [3.63, 3.8) is 0 Å². The molecule has 2 aromatic rings. The maximum absolute atomic E-state index is 12.4. The van der Waals surface area contributed by atoms with E-state index in [1.54, 1.807) is 11.3 Å². The van der Waals surface area contributed by atoms with Crippen molar-refractivity contribution in [1.29, 1.82) is 0 Å². The summed E-state index contributed by atoms with van der Waals surface area (Å²) in [5.41, 5.74) is 0.792. The minimum atomic E-state index is 0.127. The zero-order valence-corrected chi connectivity index (χ0v) is 12.3. The van der Waals surface area contributed by atoms with Gasteiger partial charge in [0.05, 0.1) is 5.56 Å². The number of carbonyl (C=O) groups excluding carboxylic acids is 1. The molecule has 0 radical (unpaired) electrons. The average Bonchev–Trinajstić information content (AvgIpc) is 3.17. The van der Waals surface area contributed by atoms with Gasteiger partial charge in [0.1, 0.15) is 5.82 Å². The molecule has 0 aliphatic carbocycles. The molecule has 3 heterocycles. The molecule has 0 saturated carbocycles. The number of carbonyl (C=O) groups is 1. The number of hydrogen-bond acceptors (Lipinski definition) is 4. The van der Waals surface area contributed by atoms with Gasteiger partial charge in [-0.15, -0.1) is 0 Å². The van der Waals surface area contributed by atoms with E-state index < -0.39 is 0 Å². The highest BCUT2D eigenvalue weighted by molar-refractivity contribution is 7.08. The fraction of sp³-hybridized carbons (Fsp3) is 0.500. The summed E-state index contributed by atoms with van der Waals surface area (Å²) < 4.78 is 0. The largest absolute Gasteiger partial charge is 0.338 e. The molecule has 1 amide bonds. The first-order valence-electron chi connectivity index (χ1n) is 7.00. The van der Waals surface area contributed by atoms with Crippen LogP contribution in [0.1, 0.15) is 47.7 Å². The number of aryl methyl sites for hydroxylation is 1. The van der Waals surface area contributed by atoms with Gasteiger partial charge in [-0.2, -0.15) is 16.4 Å². The van der Waals surface area contributed by atoms with Gasteiger partial charge in [0.15, 0.2) is 5.82 Å². The first-order chi connectivity index (χ1) is 9.78. The summed E-state index contributed by atoms with van der Waals surface area (Å²) in [6.07, 6.45) is 2.92. The van der Waals surface area contributed by atoms with E-state index >= 15 is 0 Å². The molecule has 2 aromatic heterocycles. The SMILES string of the molecule is CCc1nc([C@H]2CCCN(C(=O)c3ccsc3)C2)n[nH]1. The highest BCUT2D eigenvalue weighted by Gasteiger charge is 2.27. The van der Waals surface area contributed by atoms with Gasteiger partial charge < -0.3 is 4.90 Å². The van der Waals surface area contributed by atoms with Crippen molar-refractivity contribution >= 4 is 17.2 Å². The van der Waals surface area contributed by atoms with E-state index in [4.69, 9.17) is 0 Å². The van der Waals surface area contributed by atoms with Crippen LogP contribution < -0.4 is 0 Å². The molecule has 1 aliphatic rings. The summed E-state index contributed by atoms with van der Waals surface area (Å²) in [6.45, 7) is 3.60. The first kappa shape index (κ1) is 13.3. The monoisotopic (exact) mass is 290 g/mol. The Bertz CT molecular complexity index is 578. The minimum absolute atomic E-state index is 0.127. The van der Waals surface area contributed by atoms with E-state index in [0.717, 1.165) is 49.6 Å². The van der Waals surface area contributed by atoms with Crippen LogP contribution in [0.5, 0.6) is 0 Å². The van der Waals surface area contributed by atoms with Crippen molar-refractivity contribution in [2.24, 2.45) is 0 Å². The predicted octanol–water partition coefficient (Wildman–Crippen LogP) is 2.45. The minimum Gasteiger partial charge on any atom is -0.338 e. The Morgan fingerprint density at radius 1 is 1.60 bits per heavy atom. The van der Waals surface area contributed by atoms with Crippen LogP contribution in [-0.2, 0) is 6.42 Å². The predicted molar refractivity (Wildman–Crippen MR) is 78.0 cm³/mol. The third kappa shape index (κ3) is 2.60. The van der Waals surface area contributed by atoms with E-state index in [1.807, 2.05) is 21.7 Å². The van der Waals surface area contributed by atoms with E-state index in [0.29, 0.717) is 0 Å². The van der Waals surface area contributed by atoms with Gasteiger partial charge in [-0.25, -0.2) is 4.98 Å². The van der Waals surface area contributed by atoms with Crippen molar-refractivity contribution in [3.05, 3.63) is 34.0 Å². The van der Waals surface area contributed by atoms with Crippen molar-refractivity contribution in [2.45, 2.75) is 32.1 Å². The lowest BCUT2D eigenvalue weighted by Crippen LogP contribution is -2.39. The van der Waals surface area contributed by atoms with Crippen molar-refractivity contribution in [3.8, 4) is 0 Å². The molecular weight excluding hydrogens is 272 g/mol. The fourth-order valence-corrected chi connectivity index (χ4v) is 3.22. The lowest BCUT2D eigenvalue weighted by atomic mass is 9.97. The Morgan fingerprint density at radius 2 is 2.50 bits per heavy atom. The molecule has 0 unspecified atom stereocenters. The van der Waals surface area contributed by atoms with E-state index in [1.165, 1.54) is 0 Å². The molecule has 0 spiro atoms. The summed E-state index contributed by atoms with van der Waals surface area (Å²) >= 11 is 1.56. The molecular formula is C14H18N4OS. The van der Waals surface area contributed by atoms with Crippen LogP contribution in [0.25, 0.3) is 0 Å². The van der Waals surface area contributed by atoms with E-state index in [-0.39, 0.29) is 11.8 Å². The lowest BCUT2D eigenvalue weighted by Gasteiger charge is -2.31. The van der Waals surface area contributed by atoms with Crippen molar-refractivity contribution in [2.75, 3.05) is 13.1 Å². The number of aromatic amines is 1. The lowest BCUT2D eigenvalue weighted by molar-refractivity contribution is 0.0705. The standard InChI is InChI=1S/C14H18N4OS/c1-2-12-15-13(17-16-12)10-4-3-6-18(8-10)14(19)11-5-7-20-9-11/h5,7,9-10H,2-4,6,8H2,1H3,(H,15,16,17)/t10-/m0/s1. The Labute approximate surface area is 122 Å². The zero-order chi connectivity index (χ0) is 13.9. The second kappa shape index (κ2) is 5.75. The number of aromatic nitrogens is 3. The Morgan fingerprint density at radius 3 is 3.20 bits per heavy atom. The van der Waals surface area contributed by atoms with Crippen LogP contribution in [0.15, 0.2) is 16.8 Å². The maximum Gasteiger partial charge on any atom is 0.254 e. The third-order valence-corrected chi connectivity index (χ3v) is 4.41.